The van der Waals surface area contributed by atoms with Crippen LogP contribution in [-0.2, 0) is 0 Å². The van der Waals surface area contributed by atoms with Gasteiger partial charge in [-0.2, -0.15) is 0 Å². The zero-order valence-electron chi connectivity index (χ0n) is 5.49. The molecule has 1 aliphatic rings. The molecule has 0 spiro atoms. The average Bonchev–Trinajstić information content (AvgIpc) is 1.76. The molecule has 0 aromatic heterocycles. The van der Waals surface area contributed by atoms with Gasteiger partial charge < -0.3 is 6.15 Å². The van der Waals surface area contributed by atoms with Gasteiger partial charge in [0.1, 0.15) is 0 Å². The van der Waals surface area contributed by atoms with E-state index < -0.39 is 0 Å². The molecule has 1 fully saturated rings. The molecule has 1 aliphatic carbocycles. The summed E-state index contributed by atoms with van der Waals surface area (Å²) in [4.78, 5) is 0. The van der Waals surface area contributed by atoms with Gasteiger partial charge in [0.05, 0.1) is 0 Å². The molecule has 0 bridgehead atoms. The number of nitrogens with two attached hydrogens (primary N) is 1. The van der Waals surface area contributed by atoms with Crippen molar-refractivity contribution < 1.29 is 51.4 Å². The van der Waals surface area contributed by atoms with Crippen molar-refractivity contribution in [1.29, 1.82) is 0 Å². The molecule has 0 aromatic rings. The van der Waals surface area contributed by atoms with Gasteiger partial charge in [-0.25, -0.2) is 0 Å². The molecular formula is C5H12KN. The number of rotatable bonds is 0. The molecule has 7 heavy (non-hydrogen) atoms. The topological polar surface area (TPSA) is 33.5 Å². The second-order valence-corrected chi connectivity index (χ2v) is 2.66. The summed E-state index contributed by atoms with van der Waals surface area (Å²) in [6.45, 7) is 4.60. The Hall–Kier alpha value is 1.60. The van der Waals surface area contributed by atoms with E-state index in [0.29, 0.717) is 0 Å². The fourth-order valence-corrected chi connectivity index (χ4v) is 0.250. The zero-order chi connectivity index (χ0) is 3.91. The maximum absolute atomic E-state index is 2.30. The molecule has 2 heteroatoms. The second-order valence-electron chi connectivity index (χ2n) is 2.66. The summed E-state index contributed by atoms with van der Waals surface area (Å²) < 4.78 is 0. The monoisotopic (exact) mass is 125 g/mol. The molecule has 0 amide bonds. The van der Waals surface area contributed by atoms with Crippen LogP contribution < -0.4 is 51.4 Å². The summed E-state index contributed by atoms with van der Waals surface area (Å²) in [6, 6.07) is 0. The largest absolute Gasteiger partial charge is 1.00 e. The third-order valence-electron chi connectivity index (χ3n) is 1.25. The van der Waals surface area contributed by atoms with Gasteiger partial charge in [0.15, 0.2) is 0 Å². The average molecular weight is 125 g/mol. The van der Waals surface area contributed by atoms with E-state index in [-0.39, 0.29) is 57.5 Å². The van der Waals surface area contributed by atoms with Crippen LogP contribution in [0.25, 0.3) is 6.15 Å². The molecule has 1 nitrogen and oxygen atoms in total. The fraction of sp³-hybridized carbons (Fsp3) is 1.00. The fourth-order valence-electron chi connectivity index (χ4n) is 0.250. The van der Waals surface area contributed by atoms with Crippen LogP contribution in [0.1, 0.15) is 26.7 Å². The Bertz CT molecular complexity index is 46.0. The molecule has 2 N–H and O–H groups in total. The minimum absolute atomic E-state index is 0. The quantitative estimate of drug-likeness (QED) is 0.392. The van der Waals surface area contributed by atoms with Crippen molar-refractivity contribution in [3.05, 3.63) is 6.15 Å². The van der Waals surface area contributed by atoms with Gasteiger partial charge in [-0.05, 0) is 18.3 Å². The Morgan fingerprint density at radius 2 is 1.29 bits per heavy atom. The molecule has 0 saturated heterocycles. The summed E-state index contributed by atoms with van der Waals surface area (Å²) in [5, 5.41) is 0. The molecular weight excluding hydrogens is 113 g/mol. The maximum atomic E-state index is 2.30. The number of hydrogen-bond donors (Lipinski definition) is 0. The minimum atomic E-state index is 0. The van der Waals surface area contributed by atoms with Crippen LogP contribution in [-0.4, -0.2) is 0 Å². The standard InChI is InChI=1S/C5H10.K.H2N/c1-5(2)3-4-5;;/h3-4H2,1-2H3;;1H2/q;+1;-1. The molecule has 1 saturated carbocycles. The van der Waals surface area contributed by atoms with Gasteiger partial charge in [0.25, 0.3) is 0 Å². The Balaban J connectivity index is 0. The van der Waals surface area contributed by atoms with E-state index in [2.05, 4.69) is 13.8 Å². The summed E-state index contributed by atoms with van der Waals surface area (Å²) >= 11 is 0. The van der Waals surface area contributed by atoms with E-state index >= 15 is 0 Å². The van der Waals surface area contributed by atoms with Crippen LogP contribution in [0.2, 0.25) is 0 Å². The van der Waals surface area contributed by atoms with Crippen LogP contribution in [0.15, 0.2) is 0 Å². The first-order valence-electron chi connectivity index (χ1n) is 2.21. The summed E-state index contributed by atoms with van der Waals surface area (Å²) in [6.07, 6.45) is 2.90. The smallest absolute Gasteiger partial charge is 0.693 e. The molecule has 0 heterocycles. The van der Waals surface area contributed by atoms with Crippen molar-refractivity contribution in [2.75, 3.05) is 0 Å². The third kappa shape index (κ3) is 5.47. The first-order chi connectivity index (χ1) is 2.21. The van der Waals surface area contributed by atoms with Gasteiger partial charge in [-0.1, -0.05) is 13.8 Å². The molecule has 38 valence electrons. The Morgan fingerprint density at radius 1 is 1.14 bits per heavy atom. The summed E-state index contributed by atoms with van der Waals surface area (Å²) in [7, 11) is 0. The Kier molecular flexibility index (Phi) is 5.85. The molecule has 0 atom stereocenters. The maximum Gasteiger partial charge on any atom is 1.00 e. The zero-order valence-corrected chi connectivity index (χ0v) is 8.61. The first-order valence-corrected chi connectivity index (χ1v) is 2.21. The molecule has 0 radical (unpaired) electrons. The van der Waals surface area contributed by atoms with E-state index in [1.807, 2.05) is 0 Å². The Morgan fingerprint density at radius 3 is 1.29 bits per heavy atom. The van der Waals surface area contributed by atoms with Crippen molar-refractivity contribution in [3.63, 3.8) is 0 Å². The molecule has 0 unspecified atom stereocenters. The van der Waals surface area contributed by atoms with Crippen LogP contribution in [0.5, 0.6) is 0 Å². The third-order valence-corrected chi connectivity index (χ3v) is 1.25. The Labute approximate surface area is 88.3 Å². The molecule has 0 aromatic carbocycles. The summed E-state index contributed by atoms with van der Waals surface area (Å²) in [5.41, 5.74) is 0.750. The van der Waals surface area contributed by atoms with Gasteiger partial charge in [0, 0.05) is 0 Å². The number of hydrogen-bond acceptors (Lipinski definition) is 0. The second kappa shape index (κ2) is 3.59. The van der Waals surface area contributed by atoms with Crippen molar-refractivity contribution >= 4 is 0 Å². The van der Waals surface area contributed by atoms with E-state index in [0.717, 1.165) is 5.41 Å². The van der Waals surface area contributed by atoms with Gasteiger partial charge in [-0.15, -0.1) is 0 Å². The van der Waals surface area contributed by atoms with E-state index in [1.54, 1.807) is 0 Å². The first kappa shape index (κ1) is 11.4. The predicted octanol–water partition coefficient (Wildman–Crippen LogP) is -0.473. The van der Waals surface area contributed by atoms with Crippen molar-refractivity contribution in [2.24, 2.45) is 5.41 Å². The van der Waals surface area contributed by atoms with Crippen LogP contribution in [0.4, 0.5) is 0 Å². The molecule has 0 aliphatic heterocycles. The van der Waals surface area contributed by atoms with Gasteiger partial charge in [0.2, 0.25) is 0 Å². The van der Waals surface area contributed by atoms with Gasteiger partial charge >= 0.3 is 51.4 Å². The predicted molar refractivity (Wildman–Crippen MR) is 28.3 cm³/mol. The molecule has 1 rings (SSSR count). The van der Waals surface area contributed by atoms with E-state index in [9.17, 15) is 0 Å². The normalized spacial score (nSPS) is 21.4. The van der Waals surface area contributed by atoms with Crippen LogP contribution in [0.3, 0.4) is 0 Å². The van der Waals surface area contributed by atoms with Crippen molar-refractivity contribution in [3.8, 4) is 0 Å². The van der Waals surface area contributed by atoms with Crippen molar-refractivity contribution in [1.82, 2.24) is 0 Å². The SMILES string of the molecule is CC1(C)CC1.[K+].[NH2-]. The summed E-state index contributed by atoms with van der Waals surface area (Å²) in [5.74, 6) is 0. The van der Waals surface area contributed by atoms with E-state index in [4.69, 9.17) is 0 Å². The van der Waals surface area contributed by atoms with Gasteiger partial charge in [-0.3, -0.25) is 0 Å². The van der Waals surface area contributed by atoms with Crippen LogP contribution >= 0.6 is 0 Å². The van der Waals surface area contributed by atoms with Crippen molar-refractivity contribution in [2.45, 2.75) is 26.7 Å². The van der Waals surface area contributed by atoms with E-state index in [1.165, 1.54) is 12.8 Å². The minimum Gasteiger partial charge on any atom is -0.693 e. The van der Waals surface area contributed by atoms with Crippen LogP contribution in [0, 0.1) is 5.41 Å².